The van der Waals surface area contributed by atoms with Gasteiger partial charge in [-0.3, -0.25) is 0 Å². The van der Waals surface area contributed by atoms with E-state index >= 15 is 0 Å². The zero-order valence-electron chi connectivity index (χ0n) is 14.6. The number of benzene rings is 1. The highest BCUT2D eigenvalue weighted by Crippen LogP contribution is 2.62. The van der Waals surface area contributed by atoms with E-state index in [4.69, 9.17) is 16.9 Å². The van der Waals surface area contributed by atoms with Crippen molar-refractivity contribution in [2.45, 2.75) is 19.3 Å². The van der Waals surface area contributed by atoms with Crippen LogP contribution < -0.4 is 0 Å². The number of nitriles is 1. The van der Waals surface area contributed by atoms with Crippen LogP contribution in [0.25, 0.3) is 6.08 Å². The van der Waals surface area contributed by atoms with Gasteiger partial charge >= 0.3 is 0 Å². The quantitative estimate of drug-likeness (QED) is 0.574. The van der Waals surface area contributed by atoms with Crippen molar-refractivity contribution in [3.8, 4) is 6.07 Å². The van der Waals surface area contributed by atoms with Crippen molar-refractivity contribution < 1.29 is 0 Å². The number of allylic oxidation sites excluding steroid dienone is 1. The molecular formula is C21H20BrClN2S. The first-order valence-corrected chi connectivity index (χ1v) is 10.8. The van der Waals surface area contributed by atoms with Crippen molar-refractivity contribution in [3.63, 3.8) is 0 Å². The molecule has 2 aliphatic rings. The molecule has 1 saturated heterocycles. The highest BCUT2D eigenvalue weighted by Gasteiger charge is 2.57. The minimum absolute atomic E-state index is 0.478. The number of rotatable bonds is 4. The van der Waals surface area contributed by atoms with E-state index in [0.29, 0.717) is 21.9 Å². The molecule has 1 aliphatic heterocycles. The van der Waals surface area contributed by atoms with Crippen LogP contribution in [0.2, 0.25) is 5.02 Å². The van der Waals surface area contributed by atoms with Crippen molar-refractivity contribution in [2.75, 3.05) is 20.1 Å². The molecule has 2 aromatic rings. The molecule has 2 fully saturated rings. The van der Waals surface area contributed by atoms with Gasteiger partial charge in [0.2, 0.25) is 0 Å². The third kappa shape index (κ3) is 3.64. The molecule has 0 amide bonds. The van der Waals surface area contributed by atoms with Crippen LogP contribution in [-0.4, -0.2) is 25.0 Å². The molecule has 0 N–H and O–H groups in total. The Morgan fingerprint density at radius 3 is 2.92 bits per heavy atom. The van der Waals surface area contributed by atoms with Crippen LogP contribution in [0.15, 0.2) is 39.7 Å². The molecule has 1 aromatic heterocycles. The first-order valence-electron chi connectivity index (χ1n) is 8.82. The average Bonchev–Trinajstić information content (AvgIpc) is 2.92. The van der Waals surface area contributed by atoms with E-state index in [2.05, 4.69) is 52.2 Å². The minimum Gasteiger partial charge on any atom is -0.306 e. The summed E-state index contributed by atoms with van der Waals surface area (Å²) in [6.07, 6.45) is 5.88. The lowest BCUT2D eigenvalue weighted by molar-refractivity contribution is 0.381. The van der Waals surface area contributed by atoms with Crippen LogP contribution in [0, 0.1) is 22.7 Å². The third-order valence-electron chi connectivity index (χ3n) is 5.69. The lowest BCUT2D eigenvalue weighted by Gasteiger charge is -2.13. The number of likely N-dealkylation sites (tertiary alicyclic amines) is 1. The molecule has 4 rings (SSSR count). The standard InChI is InChI=1S/C21H20BrClN2S/c1-25-7-6-21(13-25)11-18(21)16(10-17-4-5-20(22)26-17)8-14-2-3-15(12-24)19(23)9-14/h2-5,8-9,18H,6-7,10-11,13H2,1H3/b16-8+/t18?,21-/m0/s1. The zero-order valence-corrected chi connectivity index (χ0v) is 17.8. The molecule has 2 heterocycles. The topological polar surface area (TPSA) is 27.0 Å². The number of halogens is 2. The monoisotopic (exact) mass is 446 g/mol. The van der Waals surface area contributed by atoms with E-state index in [1.54, 1.807) is 0 Å². The second-order valence-corrected chi connectivity index (χ2v) is 10.5. The molecule has 1 aromatic carbocycles. The summed E-state index contributed by atoms with van der Waals surface area (Å²) in [6, 6.07) is 12.2. The number of hydrogen-bond donors (Lipinski definition) is 0. The smallest absolute Gasteiger partial charge is 0.101 e. The van der Waals surface area contributed by atoms with E-state index in [0.717, 1.165) is 12.0 Å². The summed E-state index contributed by atoms with van der Waals surface area (Å²) in [5.74, 6) is 0.655. The summed E-state index contributed by atoms with van der Waals surface area (Å²) in [7, 11) is 2.23. The van der Waals surface area contributed by atoms with Crippen molar-refractivity contribution in [2.24, 2.45) is 11.3 Å². The Morgan fingerprint density at radius 1 is 1.46 bits per heavy atom. The highest BCUT2D eigenvalue weighted by atomic mass is 79.9. The molecule has 26 heavy (non-hydrogen) atoms. The predicted molar refractivity (Wildman–Crippen MR) is 113 cm³/mol. The molecule has 1 unspecified atom stereocenters. The van der Waals surface area contributed by atoms with Gasteiger partial charge in [0.25, 0.3) is 0 Å². The van der Waals surface area contributed by atoms with Crippen molar-refractivity contribution in [1.82, 2.24) is 4.90 Å². The molecule has 5 heteroatoms. The van der Waals surface area contributed by atoms with Gasteiger partial charge in [-0.1, -0.05) is 29.3 Å². The maximum atomic E-state index is 9.09. The van der Waals surface area contributed by atoms with Gasteiger partial charge in [0.05, 0.1) is 14.4 Å². The molecule has 0 radical (unpaired) electrons. The van der Waals surface area contributed by atoms with Crippen LogP contribution in [0.1, 0.15) is 28.8 Å². The molecular weight excluding hydrogens is 428 g/mol. The minimum atomic E-state index is 0.478. The van der Waals surface area contributed by atoms with Crippen LogP contribution in [-0.2, 0) is 6.42 Å². The number of nitrogens with zero attached hydrogens (tertiary/aromatic N) is 2. The van der Waals surface area contributed by atoms with Gasteiger partial charge in [0.15, 0.2) is 0 Å². The summed E-state index contributed by atoms with van der Waals surface area (Å²) >= 11 is 11.6. The van der Waals surface area contributed by atoms with Gasteiger partial charge in [-0.2, -0.15) is 5.26 Å². The summed E-state index contributed by atoms with van der Waals surface area (Å²) in [5, 5.41) is 9.63. The molecule has 1 saturated carbocycles. The Labute approximate surface area is 172 Å². The normalized spacial score (nSPS) is 25.6. The van der Waals surface area contributed by atoms with Crippen LogP contribution in [0.3, 0.4) is 0 Å². The predicted octanol–water partition coefficient (Wildman–Crippen LogP) is 6.00. The van der Waals surface area contributed by atoms with Gasteiger partial charge < -0.3 is 4.90 Å². The number of thiophene rings is 1. The molecule has 1 aliphatic carbocycles. The van der Waals surface area contributed by atoms with Crippen molar-refractivity contribution >= 4 is 44.9 Å². The van der Waals surface area contributed by atoms with Crippen LogP contribution in [0.4, 0.5) is 0 Å². The van der Waals surface area contributed by atoms with E-state index in [1.165, 1.54) is 40.2 Å². The maximum Gasteiger partial charge on any atom is 0.101 e. The van der Waals surface area contributed by atoms with E-state index < -0.39 is 0 Å². The Morgan fingerprint density at radius 2 is 2.31 bits per heavy atom. The summed E-state index contributed by atoms with van der Waals surface area (Å²) in [6.45, 7) is 2.41. The fourth-order valence-electron chi connectivity index (χ4n) is 4.28. The fraction of sp³-hybridized carbons (Fsp3) is 0.381. The Kier molecular flexibility index (Phi) is 5.00. The Hall–Kier alpha value is -1.12. The highest BCUT2D eigenvalue weighted by molar-refractivity contribution is 9.11. The maximum absolute atomic E-state index is 9.09. The average molecular weight is 448 g/mol. The van der Waals surface area contributed by atoms with Crippen LogP contribution >= 0.6 is 38.9 Å². The first kappa shape index (κ1) is 18.3. The molecule has 2 nitrogen and oxygen atoms in total. The molecule has 1 spiro atoms. The van der Waals surface area contributed by atoms with Gasteiger partial charge in [-0.25, -0.2) is 0 Å². The summed E-state index contributed by atoms with van der Waals surface area (Å²) in [4.78, 5) is 3.84. The third-order valence-corrected chi connectivity index (χ3v) is 7.62. The largest absolute Gasteiger partial charge is 0.306 e. The Balaban J connectivity index is 1.64. The molecule has 2 atom stereocenters. The van der Waals surface area contributed by atoms with E-state index in [9.17, 15) is 0 Å². The van der Waals surface area contributed by atoms with E-state index in [-0.39, 0.29) is 0 Å². The Bertz CT molecular complexity index is 913. The second kappa shape index (κ2) is 7.13. The van der Waals surface area contributed by atoms with Gasteiger partial charge in [0.1, 0.15) is 6.07 Å². The van der Waals surface area contributed by atoms with Crippen LogP contribution in [0.5, 0.6) is 0 Å². The SMILES string of the molecule is CN1CC[C@]2(CC2/C(=C/c2ccc(C#N)c(Cl)c2)Cc2ccc(Br)s2)C1. The number of hydrogen-bond acceptors (Lipinski definition) is 3. The lowest BCUT2D eigenvalue weighted by atomic mass is 9.94. The second-order valence-electron chi connectivity index (χ2n) is 7.56. The van der Waals surface area contributed by atoms with Crippen molar-refractivity contribution in [3.05, 3.63) is 60.7 Å². The lowest BCUT2D eigenvalue weighted by Crippen LogP contribution is -2.16. The fourth-order valence-corrected chi connectivity index (χ4v) is 6.03. The molecule has 0 bridgehead atoms. The van der Waals surface area contributed by atoms with Gasteiger partial charge in [0, 0.05) is 17.8 Å². The van der Waals surface area contributed by atoms with Gasteiger partial charge in [-0.15, -0.1) is 11.3 Å². The molecule has 134 valence electrons. The zero-order chi connectivity index (χ0) is 18.3. The van der Waals surface area contributed by atoms with Crippen molar-refractivity contribution in [1.29, 1.82) is 5.26 Å². The summed E-state index contributed by atoms with van der Waals surface area (Å²) in [5.41, 5.74) is 3.60. The first-order chi connectivity index (χ1) is 12.5. The summed E-state index contributed by atoms with van der Waals surface area (Å²) < 4.78 is 1.18. The van der Waals surface area contributed by atoms with Gasteiger partial charge in [-0.05, 0) is 83.5 Å². The van der Waals surface area contributed by atoms with E-state index in [1.807, 2.05) is 29.5 Å².